The minimum Gasteiger partial charge on any atom is -0.497 e. The molecule has 7 heteroatoms. The topological polar surface area (TPSA) is 45.7 Å². The molecule has 0 saturated heterocycles. The molecule has 5 nitrogen and oxygen atoms in total. The van der Waals surface area contributed by atoms with Gasteiger partial charge >= 0.3 is 0 Å². The first-order valence-electron chi connectivity index (χ1n) is 8.60. The lowest BCUT2D eigenvalue weighted by molar-refractivity contribution is -0.118. The molecule has 3 aromatic rings. The minimum absolute atomic E-state index is 0.0402. The molecule has 0 radical (unpaired) electrons. The Hall–Kier alpha value is -2.51. The van der Waals surface area contributed by atoms with Gasteiger partial charge in [0.05, 0.1) is 23.7 Å². The third-order valence-corrected chi connectivity index (χ3v) is 5.20. The summed E-state index contributed by atoms with van der Waals surface area (Å²) in [7, 11) is 5.53. The predicted octanol–water partition coefficient (Wildman–Crippen LogP) is 3.58. The van der Waals surface area contributed by atoms with Crippen molar-refractivity contribution in [3.8, 4) is 5.75 Å². The molecular weight excluding hydrogens is 365 g/mol. The number of benzene rings is 2. The molecule has 0 bridgehead atoms. The second-order valence-electron chi connectivity index (χ2n) is 6.48. The summed E-state index contributed by atoms with van der Waals surface area (Å²) in [6.07, 6.45) is 0.266. The molecule has 27 heavy (non-hydrogen) atoms. The fraction of sp³-hybridized carbons (Fsp3) is 0.300. The fourth-order valence-electron chi connectivity index (χ4n) is 2.64. The van der Waals surface area contributed by atoms with Gasteiger partial charge in [-0.15, -0.1) is 0 Å². The van der Waals surface area contributed by atoms with Gasteiger partial charge < -0.3 is 9.64 Å². The largest absolute Gasteiger partial charge is 0.497 e. The average Bonchev–Trinajstić information content (AvgIpc) is 3.05. The third-order valence-electron chi connectivity index (χ3n) is 4.16. The van der Waals surface area contributed by atoms with Crippen molar-refractivity contribution >= 4 is 32.6 Å². The fourth-order valence-corrected chi connectivity index (χ4v) is 3.68. The lowest BCUT2D eigenvalue weighted by Crippen LogP contribution is -2.37. The smallest absolute Gasteiger partial charge is 0.233 e. The predicted molar refractivity (Wildman–Crippen MR) is 107 cm³/mol. The number of hydrogen-bond donors (Lipinski definition) is 0. The first kappa shape index (κ1) is 19.3. The van der Waals surface area contributed by atoms with Crippen LogP contribution in [0.2, 0.25) is 0 Å². The van der Waals surface area contributed by atoms with Crippen LogP contribution in [0.25, 0.3) is 10.2 Å². The van der Waals surface area contributed by atoms with E-state index in [1.165, 1.54) is 23.5 Å². The summed E-state index contributed by atoms with van der Waals surface area (Å²) in [5.41, 5.74) is 1.60. The van der Waals surface area contributed by atoms with E-state index in [9.17, 15) is 9.18 Å². The number of halogens is 1. The Morgan fingerprint density at radius 3 is 2.56 bits per heavy atom. The number of ether oxygens (including phenoxy) is 1. The monoisotopic (exact) mass is 387 g/mol. The van der Waals surface area contributed by atoms with Crippen molar-refractivity contribution in [1.29, 1.82) is 0 Å². The van der Waals surface area contributed by atoms with Crippen LogP contribution in [0, 0.1) is 5.82 Å². The van der Waals surface area contributed by atoms with E-state index in [-0.39, 0.29) is 18.1 Å². The van der Waals surface area contributed by atoms with Crippen molar-refractivity contribution < 1.29 is 13.9 Å². The number of rotatable bonds is 7. The number of nitrogens with zero attached hydrogens (tertiary/aromatic N) is 3. The van der Waals surface area contributed by atoms with Gasteiger partial charge in [0.15, 0.2) is 5.13 Å². The van der Waals surface area contributed by atoms with E-state index in [1.54, 1.807) is 18.1 Å². The maximum atomic E-state index is 13.5. The summed E-state index contributed by atoms with van der Waals surface area (Å²) in [5, 5.41) is 0.593. The van der Waals surface area contributed by atoms with E-state index in [2.05, 4.69) is 4.98 Å². The Kier molecular flexibility index (Phi) is 6.03. The van der Waals surface area contributed by atoms with E-state index < -0.39 is 0 Å². The van der Waals surface area contributed by atoms with E-state index in [0.717, 1.165) is 16.0 Å². The molecule has 1 amide bonds. The van der Waals surface area contributed by atoms with Crippen LogP contribution in [0.1, 0.15) is 5.56 Å². The van der Waals surface area contributed by atoms with E-state index in [1.807, 2.05) is 43.3 Å². The van der Waals surface area contributed by atoms with Crippen molar-refractivity contribution in [2.45, 2.75) is 6.42 Å². The van der Waals surface area contributed by atoms with Gasteiger partial charge in [-0.2, -0.15) is 0 Å². The Labute approximate surface area is 162 Å². The average molecular weight is 387 g/mol. The van der Waals surface area contributed by atoms with Crippen LogP contribution >= 0.6 is 11.3 Å². The zero-order valence-electron chi connectivity index (χ0n) is 15.6. The molecule has 0 aliphatic heterocycles. The molecule has 3 rings (SSSR count). The lowest BCUT2D eigenvalue weighted by atomic mass is 10.1. The van der Waals surface area contributed by atoms with Gasteiger partial charge in [0.1, 0.15) is 11.6 Å². The van der Waals surface area contributed by atoms with Crippen LogP contribution < -0.4 is 9.64 Å². The second-order valence-corrected chi connectivity index (χ2v) is 7.49. The molecule has 0 fully saturated rings. The van der Waals surface area contributed by atoms with Crippen molar-refractivity contribution in [2.24, 2.45) is 0 Å². The van der Waals surface area contributed by atoms with Crippen molar-refractivity contribution in [3.63, 3.8) is 0 Å². The Bertz CT molecular complexity index is 925. The number of carbonyl (C=O) groups excluding carboxylic acids is 1. The number of likely N-dealkylation sites (N-methyl/N-ethyl adjacent to an activating group) is 1. The highest BCUT2D eigenvalue weighted by atomic mass is 32.1. The molecular formula is C20H22FN3O2S. The third kappa shape index (κ3) is 4.81. The lowest BCUT2D eigenvalue weighted by Gasteiger charge is -2.22. The van der Waals surface area contributed by atoms with Crippen molar-refractivity contribution in [3.05, 3.63) is 53.8 Å². The highest BCUT2D eigenvalue weighted by molar-refractivity contribution is 7.22. The number of amides is 1. The molecule has 2 aromatic carbocycles. The van der Waals surface area contributed by atoms with Gasteiger partial charge in [-0.05, 0) is 50.0 Å². The van der Waals surface area contributed by atoms with Gasteiger partial charge in [0, 0.05) is 13.1 Å². The van der Waals surface area contributed by atoms with Crippen molar-refractivity contribution in [1.82, 2.24) is 9.88 Å². The van der Waals surface area contributed by atoms with Gasteiger partial charge in [-0.1, -0.05) is 23.5 Å². The summed E-state index contributed by atoms with van der Waals surface area (Å²) < 4.78 is 19.4. The number of carbonyl (C=O) groups is 1. The normalized spacial score (nSPS) is 11.1. The van der Waals surface area contributed by atoms with E-state index >= 15 is 0 Å². The molecule has 0 atom stereocenters. The second kappa shape index (κ2) is 8.45. The molecule has 0 aliphatic carbocycles. The van der Waals surface area contributed by atoms with Crippen LogP contribution in [0.15, 0.2) is 42.5 Å². The van der Waals surface area contributed by atoms with Crippen LogP contribution in [-0.4, -0.2) is 50.1 Å². The molecule has 0 aliphatic rings. The summed E-state index contributed by atoms with van der Waals surface area (Å²) in [5.74, 6) is 0.410. The van der Waals surface area contributed by atoms with Crippen LogP contribution in [0.4, 0.5) is 9.52 Å². The molecule has 1 heterocycles. The number of methoxy groups -OCH3 is 1. The molecule has 0 saturated carbocycles. The van der Waals surface area contributed by atoms with Gasteiger partial charge in [-0.3, -0.25) is 9.69 Å². The quantitative estimate of drug-likeness (QED) is 0.622. The maximum absolute atomic E-state index is 13.5. The van der Waals surface area contributed by atoms with Crippen molar-refractivity contribution in [2.75, 3.05) is 39.2 Å². The summed E-state index contributed by atoms with van der Waals surface area (Å²) in [4.78, 5) is 21.2. The standard InChI is InChI=1S/C20H22FN3O2S/c1-23(2)10-11-24(19(25)12-14-4-7-16(26-3)8-5-14)20-22-17-9-6-15(21)13-18(17)27-20/h4-9,13H,10-12H2,1-3H3. The molecule has 1 aromatic heterocycles. The number of aromatic nitrogens is 1. The molecule has 142 valence electrons. The zero-order chi connectivity index (χ0) is 19.4. The van der Waals surface area contributed by atoms with Crippen LogP contribution in [0.3, 0.4) is 0 Å². The van der Waals surface area contributed by atoms with Gasteiger partial charge in [0.2, 0.25) is 5.91 Å². The number of fused-ring (bicyclic) bond motifs is 1. The number of hydrogen-bond acceptors (Lipinski definition) is 5. The zero-order valence-corrected chi connectivity index (χ0v) is 16.4. The van der Waals surface area contributed by atoms with Crippen LogP contribution in [0.5, 0.6) is 5.75 Å². The highest BCUT2D eigenvalue weighted by Gasteiger charge is 2.20. The molecule has 0 unspecified atom stereocenters. The summed E-state index contributed by atoms with van der Waals surface area (Å²) in [6, 6.07) is 11.9. The molecule has 0 spiro atoms. The molecule has 0 N–H and O–H groups in total. The Morgan fingerprint density at radius 2 is 1.89 bits per heavy atom. The Morgan fingerprint density at radius 1 is 1.15 bits per heavy atom. The summed E-state index contributed by atoms with van der Waals surface area (Å²) >= 11 is 1.33. The van der Waals surface area contributed by atoms with Gasteiger partial charge in [-0.25, -0.2) is 9.37 Å². The number of thiazole rings is 1. The number of anilines is 1. The van der Waals surface area contributed by atoms with E-state index in [4.69, 9.17) is 4.74 Å². The van der Waals surface area contributed by atoms with Crippen LogP contribution in [-0.2, 0) is 11.2 Å². The first-order valence-corrected chi connectivity index (χ1v) is 9.42. The first-order chi connectivity index (χ1) is 13.0. The maximum Gasteiger partial charge on any atom is 0.233 e. The van der Waals surface area contributed by atoms with Gasteiger partial charge in [0.25, 0.3) is 0 Å². The minimum atomic E-state index is -0.304. The highest BCUT2D eigenvalue weighted by Crippen LogP contribution is 2.29. The summed E-state index contributed by atoms with van der Waals surface area (Å²) in [6.45, 7) is 1.23. The van der Waals surface area contributed by atoms with E-state index in [0.29, 0.717) is 23.7 Å². The SMILES string of the molecule is COc1ccc(CC(=O)N(CCN(C)C)c2nc3ccc(F)cc3s2)cc1. The Balaban J connectivity index is 1.85.